The third-order valence-electron chi connectivity index (χ3n) is 4.47. The predicted molar refractivity (Wildman–Crippen MR) is 107 cm³/mol. The Bertz CT molecular complexity index is 910. The summed E-state index contributed by atoms with van der Waals surface area (Å²) in [6.07, 6.45) is 3.14. The number of nitrogens with zero attached hydrogens (tertiary/aromatic N) is 4. The van der Waals surface area contributed by atoms with Crippen molar-refractivity contribution in [1.29, 1.82) is 0 Å². The van der Waals surface area contributed by atoms with Gasteiger partial charge in [0.2, 0.25) is 0 Å². The molecule has 1 heterocycles. The minimum absolute atomic E-state index is 0.0143. The molecule has 1 aromatic heterocycles. The van der Waals surface area contributed by atoms with Gasteiger partial charge in [-0.2, -0.15) is 5.10 Å². The average molecular weight is 429 g/mol. The molecular formula is C20H21BrN4O2. The molecule has 0 aliphatic carbocycles. The maximum atomic E-state index is 12.5. The summed E-state index contributed by atoms with van der Waals surface area (Å²) >= 11 is 3.46. The maximum absolute atomic E-state index is 12.5. The normalized spacial score (nSPS) is 11.9. The number of carbonyl (C=O) groups excluding carboxylic acids is 1. The van der Waals surface area contributed by atoms with Crippen LogP contribution in [0.5, 0.6) is 5.75 Å². The molecule has 0 spiro atoms. The van der Waals surface area contributed by atoms with Crippen molar-refractivity contribution >= 4 is 21.8 Å². The van der Waals surface area contributed by atoms with Gasteiger partial charge in [0.05, 0.1) is 16.2 Å². The highest BCUT2D eigenvalue weighted by molar-refractivity contribution is 9.10. The first-order chi connectivity index (χ1) is 13.0. The van der Waals surface area contributed by atoms with Crippen molar-refractivity contribution in [3.05, 3.63) is 70.7 Å². The topological polar surface area (TPSA) is 60.2 Å². The molecule has 0 unspecified atom stereocenters. The Hall–Kier alpha value is -2.67. The van der Waals surface area contributed by atoms with E-state index in [4.69, 9.17) is 4.74 Å². The fraction of sp³-hybridized carbons (Fsp3) is 0.250. The van der Waals surface area contributed by atoms with Crippen LogP contribution >= 0.6 is 15.9 Å². The number of carbonyl (C=O) groups is 1. The monoisotopic (exact) mass is 428 g/mol. The molecule has 27 heavy (non-hydrogen) atoms. The second kappa shape index (κ2) is 8.35. The van der Waals surface area contributed by atoms with E-state index < -0.39 is 0 Å². The predicted octanol–water partition coefficient (Wildman–Crippen LogP) is 3.94. The van der Waals surface area contributed by atoms with Crippen LogP contribution in [0.1, 0.15) is 24.1 Å². The van der Waals surface area contributed by atoms with Crippen LogP contribution in [0.4, 0.5) is 0 Å². The fourth-order valence-corrected chi connectivity index (χ4v) is 3.26. The van der Waals surface area contributed by atoms with Gasteiger partial charge in [-0.25, -0.2) is 9.67 Å². The molecule has 3 rings (SSSR count). The van der Waals surface area contributed by atoms with Crippen LogP contribution in [0.3, 0.4) is 0 Å². The summed E-state index contributed by atoms with van der Waals surface area (Å²) < 4.78 is 8.21. The highest BCUT2D eigenvalue weighted by atomic mass is 79.9. The highest BCUT2D eigenvalue weighted by Gasteiger charge is 2.18. The minimum Gasteiger partial charge on any atom is -0.483 e. The molecule has 1 amide bonds. The summed E-state index contributed by atoms with van der Waals surface area (Å²) in [4.78, 5) is 18.2. The molecule has 140 valence electrons. The summed E-state index contributed by atoms with van der Waals surface area (Å²) in [7, 11) is 1.78. The molecule has 0 radical (unpaired) electrons. The summed E-state index contributed by atoms with van der Waals surface area (Å²) in [5.41, 5.74) is 3.08. The third kappa shape index (κ3) is 4.54. The molecule has 0 saturated heterocycles. The van der Waals surface area contributed by atoms with Crippen LogP contribution in [-0.4, -0.2) is 39.2 Å². The molecule has 0 bridgehead atoms. The van der Waals surface area contributed by atoms with E-state index in [0.717, 1.165) is 21.3 Å². The molecule has 3 aromatic rings. The van der Waals surface area contributed by atoms with Crippen molar-refractivity contribution in [2.24, 2.45) is 0 Å². The van der Waals surface area contributed by atoms with Gasteiger partial charge in [-0.05, 0) is 65.2 Å². The largest absolute Gasteiger partial charge is 0.483 e. The van der Waals surface area contributed by atoms with Gasteiger partial charge in [-0.15, -0.1) is 0 Å². The molecule has 1 atom stereocenters. The second-order valence-electron chi connectivity index (χ2n) is 6.33. The zero-order valence-electron chi connectivity index (χ0n) is 15.5. The third-order valence-corrected chi connectivity index (χ3v) is 5.09. The zero-order valence-corrected chi connectivity index (χ0v) is 17.0. The summed E-state index contributed by atoms with van der Waals surface area (Å²) in [5, 5.41) is 4.11. The van der Waals surface area contributed by atoms with Crippen LogP contribution in [0, 0.1) is 6.92 Å². The van der Waals surface area contributed by atoms with Crippen molar-refractivity contribution in [1.82, 2.24) is 19.7 Å². The number of amides is 1. The standard InChI is InChI=1S/C20H21BrN4O2/c1-14-4-9-19(18(21)10-14)27-11-20(26)24(3)15(2)16-5-7-17(8-6-16)25-13-22-12-23-25/h4-10,12-13,15H,11H2,1-3H3/t15-/m1/s1. The minimum atomic E-state index is -0.0877. The van der Waals surface area contributed by atoms with E-state index in [1.165, 1.54) is 6.33 Å². The molecule has 2 aromatic carbocycles. The number of ether oxygens (including phenoxy) is 1. The maximum Gasteiger partial charge on any atom is 0.260 e. The molecule has 6 nitrogen and oxygen atoms in total. The Morgan fingerprint density at radius 1 is 1.26 bits per heavy atom. The highest BCUT2D eigenvalue weighted by Crippen LogP contribution is 2.26. The van der Waals surface area contributed by atoms with Gasteiger partial charge in [-0.1, -0.05) is 18.2 Å². The zero-order chi connectivity index (χ0) is 19.4. The van der Waals surface area contributed by atoms with E-state index in [1.54, 1.807) is 23.0 Å². The molecular weight excluding hydrogens is 408 g/mol. The van der Waals surface area contributed by atoms with E-state index in [9.17, 15) is 4.79 Å². The van der Waals surface area contributed by atoms with E-state index in [-0.39, 0.29) is 18.6 Å². The van der Waals surface area contributed by atoms with Crippen LogP contribution in [0.15, 0.2) is 59.6 Å². The Morgan fingerprint density at radius 2 is 2.00 bits per heavy atom. The van der Waals surface area contributed by atoms with Gasteiger partial charge < -0.3 is 9.64 Å². The van der Waals surface area contributed by atoms with Gasteiger partial charge in [0.1, 0.15) is 18.4 Å². The number of benzene rings is 2. The lowest BCUT2D eigenvalue weighted by atomic mass is 10.1. The number of aryl methyl sites for hydroxylation is 1. The number of halogens is 1. The Balaban J connectivity index is 1.62. The van der Waals surface area contributed by atoms with E-state index >= 15 is 0 Å². The van der Waals surface area contributed by atoms with Crippen molar-refractivity contribution in [2.45, 2.75) is 19.9 Å². The van der Waals surface area contributed by atoms with Crippen molar-refractivity contribution < 1.29 is 9.53 Å². The van der Waals surface area contributed by atoms with Crippen molar-refractivity contribution in [3.8, 4) is 11.4 Å². The molecule has 7 heteroatoms. The van der Waals surface area contributed by atoms with Gasteiger partial charge in [0.15, 0.2) is 6.61 Å². The smallest absolute Gasteiger partial charge is 0.260 e. The Labute approximate surface area is 166 Å². The van der Waals surface area contributed by atoms with Crippen LogP contribution in [-0.2, 0) is 4.79 Å². The lowest BCUT2D eigenvalue weighted by Crippen LogP contribution is -2.33. The van der Waals surface area contributed by atoms with Crippen LogP contribution in [0.25, 0.3) is 5.69 Å². The molecule has 0 fully saturated rings. The lowest BCUT2D eigenvalue weighted by molar-refractivity contribution is -0.134. The summed E-state index contributed by atoms with van der Waals surface area (Å²) in [6, 6.07) is 13.6. The number of rotatable bonds is 6. The van der Waals surface area contributed by atoms with Crippen LogP contribution in [0.2, 0.25) is 0 Å². The van der Waals surface area contributed by atoms with Crippen LogP contribution < -0.4 is 4.74 Å². The number of likely N-dealkylation sites (N-methyl/N-ethyl adjacent to an activating group) is 1. The molecule has 0 aliphatic rings. The number of hydrogen-bond acceptors (Lipinski definition) is 4. The quantitative estimate of drug-likeness (QED) is 0.596. The number of hydrogen-bond donors (Lipinski definition) is 0. The van der Waals surface area contributed by atoms with E-state index in [2.05, 4.69) is 26.0 Å². The lowest BCUT2D eigenvalue weighted by Gasteiger charge is -2.25. The molecule has 0 N–H and O–H groups in total. The average Bonchev–Trinajstić information content (AvgIpc) is 3.21. The first-order valence-electron chi connectivity index (χ1n) is 8.55. The van der Waals surface area contributed by atoms with Gasteiger partial charge >= 0.3 is 0 Å². The second-order valence-corrected chi connectivity index (χ2v) is 7.19. The first kappa shape index (κ1) is 19.1. The first-order valence-corrected chi connectivity index (χ1v) is 9.34. The van der Waals surface area contributed by atoms with Gasteiger partial charge in [0, 0.05) is 7.05 Å². The van der Waals surface area contributed by atoms with E-state index in [1.807, 2.05) is 56.3 Å². The Morgan fingerprint density at radius 3 is 2.63 bits per heavy atom. The van der Waals surface area contributed by atoms with Crippen molar-refractivity contribution in [3.63, 3.8) is 0 Å². The van der Waals surface area contributed by atoms with Gasteiger partial charge in [0.25, 0.3) is 5.91 Å². The number of aromatic nitrogens is 3. The summed E-state index contributed by atoms with van der Waals surface area (Å²) in [6.45, 7) is 3.98. The molecule has 0 saturated carbocycles. The van der Waals surface area contributed by atoms with E-state index in [0.29, 0.717) is 5.75 Å². The fourth-order valence-electron chi connectivity index (χ4n) is 2.65. The SMILES string of the molecule is Cc1ccc(OCC(=O)N(C)[C@H](C)c2ccc(-n3cncn3)cc2)c(Br)c1. The Kier molecular flexibility index (Phi) is 5.91. The van der Waals surface area contributed by atoms with Crippen molar-refractivity contribution in [2.75, 3.05) is 13.7 Å². The van der Waals surface area contributed by atoms with Gasteiger partial charge in [-0.3, -0.25) is 4.79 Å². The molecule has 0 aliphatic heterocycles. The summed E-state index contributed by atoms with van der Waals surface area (Å²) in [5.74, 6) is 0.572.